The summed E-state index contributed by atoms with van der Waals surface area (Å²) >= 11 is 3.52. The Bertz CT molecular complexity index is 380. The van der Waals surface area contributed by atoms with Crippen molar-refractivity contribution in [2.75, 3.05) is 33.8 Å². The van der Waals surface area contributed by atoms with Crippen molar-refractivity contribution in [2.45, 2.75) is 20.4 Å². The van der Waals surface area contributed by atoms with Gasteiger partial charge < -0.3 is 15.0 Å². The second-order valence-corrected chi connectivity index (χ2v) is 6.34. The summed E-state index contributed by atoms with van der Waals surface area (Å²) in [5.41, 5.74) is 1.20. The highest BCUT2D eigenvalue weighted by Gasteiger charge is 2.05. The molecule has 3 nitrogen and oxygen atoms in total. The number of benzene rings is 1. The number of hydrogen-bond acceptors (Lipinski definition) is 3. The minimum atomic E-state index is 0.658. The molecule has 1 aromatic carbocycles. The summed E-state index contributed by atoms with van der Waals surface area (Å²) < 4.78 is 6.95. The van der Waals surface area contributed by atoms with E-state index in [-0.39, 0.29) is 0 Å². The summed E-state index contributed by atoms with van der Waals surface area (Å²) in [5.74, 6) is 1.63. The third kappa shape index (κ3) is 6.95. The van der Waals surface area contributed by atoms with E-state index in [1.54, 1.807) is 0 Å². The largest absolute Gasteiger partial charge is 0.492 e. The van der Waals surface area contributed by atoms with E-state index in [4.69, 9.17) is 4.74 Å². The van der Waals surface area contributed by atoms with E-state index < -0.39 is 0 Å². The molecule has 0 fully saturated rings. The number of nitrogens with one attached hydrogen (secondary N) is 1. The lowest BCUT2D eigenvalue weighted by Crippen LogP contribution is -2.21. The highest BCUT2D eigenvalue weighted by atomic mass is 79.9. The number of halogens is 1. The van der Waals surface area contributed by atoms with Crippen molar-refractivity contribution in [1.82, 2.24) is 10.2 Å². The molecule has 0 bridgehead atoms. The molecule has 1 N–H and O–H groups in total. The average molecular weight is 329 g/mol. The molecule has 1 rings (SSSR count). The molecule has 19 heavy (non-hydrogen) atoms. The molecule has 0 saturated heterocycles. The number of rotatable bonds is 8. The predicted octanol–water partition coefficient (Wildman–Crippen LogP) is 3.14. The summed E-state index contributed by atoms with van der Waals surface area (Å²) in [7, 11) is 4.10. The minimum Gasteiger partial charge on any atom is -0.492 e. The Kier molecular flexibility index (Phi) is 7.42. The molecule has 0 spiro atoms. The second kappa shape index (κ2) is 8.56. The average Bonchev–Trinajstić information content (AvgIpc) is 2.31. The van der Waals surface area contributed by atoms with Crippen molar-refractivity contribution >= 4 is 15.9 Å². The zero-order valence-electron chi connectivity index (χ0n) is 12.4. The van der Waals surface area contributed by atoms with Gasteiger partial charge in [0.15, 0.2) is 0 Å². The second-order valence-electron chi connectivity index (χ2n) is 5.43. The molecule has 108 valence electrons. The van der Waals surface area contributed by atoms with Gasteiger partial charge in [-0.05, 0) is 44.8 Å². The van der Waals surface area contributed by atoms with Crippen LogP contribution in [0.25, 0.3) is 0 Å². The van der Waals surface area contributed by atoms with E-state index in [2.05, 4.69) is 60.2 Å². The van der Waals surface area contributed by atoms with Gasteiger partial charge in [-0.1, -0.05) is 29.8 Å². The van der Waals surface area contributed by atoms with E-state index in [9.17, 15) is 0 Å². The quantitative estimate of drug-likeness (QED) is 0.793. The van der Waals surface area contributed by atoms with Crippen LogP contribution < -0.4 is 10.1 Å². The van der Waals surface area contributed by atoms with Crippen LogP contribution in [-0.2, 0) is 6.54 Å². The lowest BCUT2D eigenvalue weighted by molar-refractivity contribution is 0.259. The van der Waals surface area contributed by atoms with Crippen LogP contribution in [0.2, 0.25) is 0 Å². The smallest absolute Gasteiger partial charge is 0.123 e. The van der Waals surface area contributed by atoms with Gasteiger partial charge in [-0.25, -0.2) is 0 Å². The Morgan fingerprint density at radius 3 is 2.68 bits per heavy atom. The van der Waals surface area contributed by atoms with Crippen LogP contribution in [0.4, 0.5) is 0 Å². The highest BCUT2D eigenvalue weighted by molar-refractivity contribution is 9.10. The molecule has 0 aromatic heterocycles. The third-order valence-corrected chi connectivity index (χ3v) is 3.18. The van der Waals surface area contributed by atoms with Gasteiger partial charge in [0, 0.05) is 23.1 Å². The van der Waals surface area contributed by atoms with Crippen LogP contribution in [0.5, 0.6) is 5.75 Å². The van der Waals surface area contributed by atoms with E-state index in [0.29, 0.717) is 12.5 Å². The van der Waals surface area contributed by atoms with Gasteiger partial charge in [0.25, 0.3) is 0 Å². The number of likely N-dealkylation sites (N-methyl/N-ethyl adjacent to an activating group) is 1. The first-order valence-corrected chi connectivity index (χ1v) is 7.55. The standard InChI is InChI=1S/C15H25BrN2O/c1-12(2)10-17-11-13-9-14(16)5-6-15(13)19-8-7-18(3)4/h5-6,9,12,17H,7-8,10-11H2,1-4H3. The Morgan fingerprint density at radius 1 is 1.32 bits per heavy atom. The lowest BCUT2D eigenvalue weighted by atomic mass is 10.2. The molecule has 1 aromatic rings. The first kappa shape index (κ1) is 16.5. The molecule has 4 heteroatoms. The number of ether oxygens (including phenoxy) is 1. The zero-order valence-corrected chi connectivity index (χ0v) is 14.0. The summed E-state index contributed by atoms with van der Waals surface area (Å²) in [6, 6.07) is 6.18. The minimum absolute atomic E-state index is 0.658. The van der Waals surface area contributed by atoms with Crippen LogP contribution >= 0.6 is 15.9 Å². The van der Waals surface area contributed by atoms with Gasteiger partial charge in [-0.3, -0.25) is 0 Å². The van der Waals surface area contributed by atoms with E-state index >= 15 is 0 Å². The first-order valence-electron chi connectivity index (χ1n) is 6.75. The third-order valence-electron chi connectivity index (χ3n) is 2.69. The molecule has 0 saturated carbocycles. The van der Waals surface area contributed by atoms with Crippen molar-refractivity contribution in [3.05, 3.63) is 28.2 Å². The fraction of sp³-hybridized carbons (Fsp3) is 0.600. The van der Waals surface area contributed by atoms with Crippen molar-refractivity contribution in [3.63, 3.8) is 0 Å². The zero-order chi connectivity index (χ0) is 14.3. The summed E-state index contributed by atoms with van der Waals surface area (Å²) in [4.78, 5) is 2.12. The number of nitrogens with zero attached hydrogens (tertiary/aromatic N) is 1. The molecule has 0 unspecified atom stereocenters. The molecular formula is C15H25BrN2O. The van der Waals surface area contributed by atoms with Crippen LogP contribution in [-0.4, -0.2) is 38.7 Å². The van der Waals surface area contributed by atoms with Gasteiger partial charge in [0.1, 0.15) is 12.4 Å². The highest BCUT2D eigenvalue weighted by Crippen LogP contribution is 2.23. The molecule has 0 aliphatic rings. The van der Waals surface area contributed by atoms with E-state index in [0.717, 1.165) is 29.9 Å². The number of hydrogen-bond donors (Lipinski definition) is 1. The maximum atomic E-state index is 5.86. The van der Waals surface area contributed by atoms with Crippen LogP contribution in [0.3, 0.4) is 0 Å². The lowest BCUT2D eigenvalue weighted by Gasteiger charge is -2.15. The molecular weight excluding hydrogens is 304 g/mol. The fourth-order valence-electron chi connectivity index (χ4n) is 1.66. The van der Waals surface area contributed by atoms with E-state index in [1.807, 2.05) is 12.1 Å². The predicted molar refractivity (Wildman–Crippen MR) is 84.7 cm³/mol. The summed E-state index contributed by atoms with van der Waals surface area (Å²) in [6.45, 7) is 7.92. The van der Waals surface area contributed by atoms with Gasteiger partial charge in [-0.15, -0.1) is 0 Å². The molecule has 0 aliphatic heterocycles. The molecule has 0 aliphatic carbocycles. The normalized spacial score (nSPS) is 11.3. The summed E-state index contributed by atoms with van der Waals surface area (Å²) in [5, 5.41) is 3.46. The van der Waals surface area contributed by atoms with Crippen LogP contribution in [0.1, 0.15) is 19.4 Å². The fourth-order valence-corrected chi connectivity index (χ4v) is 2.07. The topological polar surface area (TPSA) is 24.5 Å². The van der Waals surface area contributed by atoms with Crippen molar-refractivity contribution in [2.24, 2.45) is 5.92 Å². The molecule has 0 heterocycles. The van der Waals surface area contributed by atoms with Crippen molar-refractivity contribution in [1.29, 1.82) is 0 Å². The first-order chi connectivity index (χ1) is 8.99. The van der Waals surface area contributed by atoms with Crippen molar-refractivity contribution < 1.29 is 4.74 Å². The Hall–Kier alpha value is -0.580. The van der Waals surface area contributed by atoms with Gasteiger partial charge in [-0.2, -0.15) is 0 Å². The maximum Gasteiger partial charge on any atom is 0.123 e. The maximum absolute atomic E-state index is 5.86. The van der Waals surface area contributed by atoms with Crippen LogP contribution in [0.15, 0.2) is 22.7 Å². The Balaban J connectivity index is 2.58. The molecule has 0 radical (unpaired) electrons. The Morgan fingerprint density at radius 2 is 2.05 bits per heavy atom. The molecule has 0 amide bonds. The van der Waals surface area contributed by atoms with Crippen LogP contribution in [0, 0.1) is 5.92 Å². The monoisotopic (exact) mass is 328 g/mol. The SMILES string of the molecule is CC(C)CNCc1cc(Br)ccc1OCCN(C)C. The Labute approximate surface area is 125 Å². The van der Waals surface area contributed by atoms with E-state index in [1.165, 1.54) is 5.56 Å². The van der Waals surface area contributed by atoms with Gasteiger partial charge in [0.2, 0.25) is 0 Å². The molecule has 0 atom stereocenters. The van der Waals surface area contributed by atoms with Gasteiger partial charge >= 0.3 is 0 Å². The summed E-state index contributed by atoms with van der Waals surface area (Å²) in [6.07, 6.45) is 0. The van der Waals surface area contributed by atoms with Gasteiger partial charge in [0.05, 0.1) is 0 Å². The van der Waals surface area contributed by atoms with Crippen molar-refractivity contribution in [3.8, 4) is 5.75 Å².